The minimum absolute atomic E-state index is 0.283. The van der Waals surface area contributed by atoms with Crippen LogP contribution in [0.15, 0.2) is 0 Å². The van der Waals surface area contributed by atoms with Crippen LogP contribution in [0.25, 0.3) is 0 Å². The summed E-state index contributed by atoms with van der Waals surface area (Å²) < 4.78 is 40.7. The molecule has 1 unspecified atom stereocenters. The molecule has 11 heteroatoms. The fourth-order valence-corrected chi connectivity index (χ4v) is 5.57. The fraction of sp³-hybridized carbons (Fsp3) is 0.946. The lowest BCUT2D eigenvalue weighted by Crippen LogP contribution is -2.53. The third kappa shape index (κ3) is 39.2. The van der Waals surface area contributed by atoms with Crippen molar-refractivity contribution in [3.05, 3.63) is 0 Å². The maximum Gasteiger partial charge on any atom is 0.397 e. The van der Waals surface area contributed by atoms with Gasteiger partial charge in [0.05, 0.1) is 7.11 Å². The van der Waals surface area contributed by atoms with E-state index in [0.717, 1.165) is 45.6 Å². The Morgan fingerprint density at radius 3 is 1.02 bits per heavy atom. The molecule has 0 aromatic heterocycles. The molecule has 3 N–H and O–H groups in total. The van der Waals surface area contributed by atoms with Crippen molar-refractivity contribution in [2.24, 2.45) is 0 Å². The number of rotatable bonds is 33. The summed E-state index contributed by atoms with van der Waals surface area (Å²) in [7, 11) is -3.29. The maximum atomic E-state index is 12.5. The Morgan fingerprint density at radius 1 is 0.583 bits per heavy atom. The molecule has 0 aliphatic rings. The predicted molar refractivity (Wildman–Crippen MR) is 195 cm³/mol. The molecular formula is C37H75NO9S. The SMILES string of the molecule is CCCCCCCCCCCCCCCC(=O)OC(C)(NC(C)O)OC(=O)CCCCCCCCCCCCCCC.COS(=O)(=O)O. The molecule has 0 spiro atoms. The van der Waals surface area contributed by atoms with Gasteiger partial charge in [-0.3, -0.25) is 18.3 Å². The molecule has 0 heterocycles. The summed E-state index contributed by atoms with van der Waals surface area (Å²) in [6.45, 7) is 7.52. The van der Waals surface area contributed by atoms with Gasteiger partial charge in [0.2, 0.25) is 0 Å². The van der Waals surface area contributed by atoms with E-state index in [1.165, 1.54) is 142 Å². The van der Waals surface area contributed by atoms with E-state index in [0.29, 0.717) is 0 Å². The molecule has 0 fully saturated rings. The normalized spacial score (nSPS) is 12.3. The molecule has 0 aliphatic heterocycles. The number of unbranched alkanes of at least 4 members (excludes halogenated alkanes) is 24. The number of aliphatic hydroxyl groups is 1. The number of nitrogens with one attached hydrogen (secondary N) is 1. The van der Waals surface area contributed by atoms with E-state index >= 15 is 0 Å². The van der Waals surface area contributed by atoms with Crippen LogP contribution < -0.4 is 5.32 Å². The molecule has 10 nitrogen and oxygen atoms in total. The minimum atomic E-state index is -4.16. The van der Waals surface area contributed by atoms with Crippen LogP contribution in [0.4, 0.5) is 0 Å². The average Bonchev–Trinajstić information content (AvgIpc) is 3.01. The molecule has 0 saturated carbocycles. The first-order chi connectivity index (χ1) is 22.9. The molecule has 0 radical (unpaired) electrons. The lowest BCUT2D eigenvalue weighted by atomic mass is 10.0. The highest BCUT2D eigenvalue weighted by atomic mass is 32.3. The van der Waals surface area contributed by atoms with E-state index in [4.69, 9.17) is 14.0 Å². The van der Waals surface area contributed by atoms with Crippen LogP contribution in [0.3, 0.4) is 0 Å². The van der Waals surface area contributed by atoms with Crippen LogP contribution >= 0.6 is 0 Å². The van der Waals surface area contributed by atoms with Crippen molar-refractivity contribution in [3.63, 3.8) is 0 Å². The Morgan fingerprint density at radius 2 is 0.812 bits per heavy atom. The summed E-state index contributed by atoms with van der Waals surface area (Å²) in [5, 5.41) is 12.5. The summed E-state index contributed by atoms with van der Waals surface area (Å²) in [6.07, 6.45) is 32.0. The fourth-order valence-electron chi connectivity index (χ4n) is 5.57. The third-order valence-electron chi connectivity index (χ3n) is 8.27. The monoisotopic (exact) mass is 710 g/mol. The molecule has 288 valence electrons. The Balaban J connectivity index is 0. The van der Waals surface area contributed by atoms with Crippen LogP contribution in [0.2, 0.25) is 0 Å². The minimum Gasteiger partial charge on any atom is -0.409 e. The Hall–Kier alpha value is -1.27. The van der Waals surface area contributed by atoms with Crippen LogP contribution in [0, 0.1) is 0 Å². The van der Waals surface area contributed by atoms with Gasteiger partial charge in [-0.15, -0.1) is 0 Å². The van der Waals surface area contributed by atoms with Crippen LogP contribution in [-0.4, -0.2) is 49.3 Å². The average molecular weight is 710 g/mol. The van der Waals surface area contributed by atoms with Crippen molar-refractivity contribution in [2.45, 2.75) is 220 Å². The van der Waals surface area contributed by atoms with Gasteiger partial charge in [0, 0.05) is 19.8 Å². The largest absolute Gasteiger partial charge is 0.409 e. The summed E-state index contributed by atoms with van der Waals surface area (Å²) in [6, 6.07) is 0. The standard InChI is InChI=1S/C36H71NO5.CH4O4S/c1-5-7-9-11-13-15-17-19-21-23-25-27-29-31-34(39)41-36(4,37-33(3)38)42-35(40)32-30-28-26-24-22-20-18-16-14-12-10-8-6-2;1-5-6(2,3)4/h33,37-38H,5-32H2,1-4H3;1H3,(H,2,3,4). The Kier molecular flexibility index (Phi) is 34.8. The first-order valence-corrected chi connectivity index (χ1v) is 20.7. The van der Waals surface area contributed by atoms with E-state index in [2.05, 4.69) is 23.3 Å². The summed E-state index contributed by atoms with van der Waals surface area (Å²) in [5.74, 6) is -2.49. The van der Waals surface area contributed by atoms with E-state index in [-0.39, 0.29) is 12.8 Å². The van der Waals surface area contributed by atoms with Gasteiger partial charge in [-0.2, -0.15) is 8.42 Å². The van der Waals surface area contributed by atoms with Crippen molar-refractivity contribution < 1.29 is 41.3 Å². The molecular weight excluding hydrogens is 634 g/mol. The van der Waals surface area contributed by atoms with Crippen molar-refractivity contribution >= 4 is 22.3 Å². The smallest absolute Gasteiger partial charge is 0.397 e. The van der Waals surface area contributed by atoms with Crippen LogP contribution in [0.1, 0.15) is 207 Å². The van der Waals surface area contributed by atoms with Crippen molar-refractivity contribution in [2.75, 3.05) is 7.11 Å². The zero-order chi connectivity index (χ0) is 36.4. The molecule has 48 heavy (non-hydrogen) atoms. The van der Waals surface area contributed by atoms with Gasteiger partial charge >= 0.3 is 28.2 Å². The lowest BCUT2D eigenvalue weighted by Gasteiger charge is -2.31. The first-order valence-electron chi connectivity index (χ1n) is 19.3. The number of ether oxygens (including phenoxy) is 2. The molecule has 0 aromatic carbocycles. The second-order valence-corrected chi connectivity index (χ2v) is 14.5. The second-order valence-electron chi connectivity index (χ2n) is 13.3. The molecule has 0 aliphatic carbocycles. The van der Waals surface area contributed by atoms with Gasteiger partial charge in [0.15, 0.2) is 0 Å². The van der Waals surface area contributed by atoms with Gasteiger partial charge in [0.1, 0.15) is 6.23 Å². The highest BCUT2D eigenvalue weighted by Crippen LogP contribution is 2.18. The van der Waals surface area contributed by atoms with Gasteiger partial charge in [0.25, 0.3) is 0 Å². The highest BCUT2D eigenvalue weighted by molar-refractivity contribution is 7.80. The third-order valence-corrected chi connectivity index (χ3v) is 8.69. The lowest BCUT2D eigenvalue weighted by molar-refractivity contribution is -0.242. The van der Waals surface area contributed by atoms with E-state index in [1.54, 1.807) is 0 Å². The van der Waals surface area contributed by atoms with Crippen molar-refractivity contribution in [1.29, 1.82) is 0 Å². The van der Waals surface area contributed by atoms with Gasteiger partial charge in [-0.05, 0) is 19.8 Å². The number of carbonyl (C=O) groups excluding carboxylic acids is 2. The number of hydrogen-bond donors (Lipinski definition) is 3. The molecule has 0 amide bonds. The quantitative estimate of drug-likeness (QED) is 0.0260. The molecule has 0 aromatic rings. The first kappa shape index (κ1) is 48.8. The number of esters is 2. The summed E-state index contributed by atoms with van der Waals surface area (Å²) in [4.78, 5) is 24.9. The van der Waals surface area contributed by atoms with E-state index in [1.807, 2.05) is 0 Å². The van der Waals surface area contributed by atoms with Crippen LogP contribution in [-0.2, 0) is 33.6 Å². The Labute approximate surface area is 295 Å². The number of hydrogen-bond acceptors (Lipinski definition) is 9. The van der Waals surface area contributed by atoms with E-state index < -0.39 is 34.5 Å². The van der Waals surface area contributed by atoms with Gasteiger partial charge in [-0.25, -0.2) is 5.32 Å². The Bertz CT molecular complexity index is 793. The molecule has 0 bridgehead atoms. The number of carbonyl (C=O) groups is 2. The zero-order valence-corrected chi connectivity index (χ0v) is 32.4. The van der Waals surface area contributed by atoms with Crippen molar-refractivity contribution in [3.8, 4) is 0 Å². The van der Waals surface area contributed by atoms with Gasteiger partial charge in [-0.1, -0.05) is 168 Å². The second kappa shape index (κ2) is 34.2. The predicted octanol–water partition coefficient (Wildman–Crippen LogP) is 10.1. The number of aliphatic hydroxyl groups excluding tert-OH is 1. The molecule has 0 saturated heterocycles. The molecule has 1 atom stereocenters. The molecule has 0 rings (SSSR count). The van der Waals surface area contributed by atoms with Crippen molar-refractivity contribution in [1.82, 2.24) is 5.32 Å². The highest BCUT2D eigenvalue weighted by Gasteiger charge is 2.34. The van der Waals surface area contributed by atoms with E-state index in [9.17, 15) is 23.1 Å². The van der Waals surface area contributed by atoms with Crippen LogP contribution in [0.5, 0.6) is 0 Å². The summed E-state index contributed by atoms with van der Waals surface area (Å²) >= 11 is 0. The maximum absolute atomic E-state index is 12.5. The van der Waals surface area contributed by atoms with Gasteiger partial charge < -0.3 is 14.6 Å². The zero-order valence-electron chi connectivity index (χ0n) is 31.5. The summed E-state index contributed by atoms with van der Waals surface area (Å²) in [5.41, 5.74) is 0. The topological polar surface area (TPSA) is 148 Å².